The molecule has 6 nitrogen and oxygen atoms in total. The van der Waals surface area contributed by atoms with Gasteiger partial charge in [0.1, 0.15) is 0 Å². The van der Waals surface area contributed by atoms with Gasteiger partial charge in [-0.1, -0.05) is 39.3 Å². The zero-order valence-corrected chi connectivity index (χ0v) is 14.1. The smallest absolute Gasteiger partial charge is 0.240 e. The predicted molar refractivity (Wildman–Crippen MR) is 86.6 cm³/mol. The summed E-state index contributed by atoms with van der Waals surface area (Å²) in [5.41, 5.74) is 6.67. The Morgan fingerprint density at radius 1 is 1.23 bits per heavy atom. The summed E-state index contributed by atoms with van der Waals surface area (Å²) in [6.45, 7) is 6.31. The summed E-state index contributed by atoms with van der Waals surface area (Å²) in [4.78, 5) is 12.1. The number of carbonyl (C=O) groups excluding carboxylic acids is 1. The first-order valence-corrected chi connectivity index (χ1v) is 8.92. The van der Waals surface area contributed by atoms with Crippen molar-refractivity contribution in [1.82, 2.24) is 10.0 Å². The van der Waals surface area contributed by atoms with Crippen LogP contribution in [-0.2, 0) is 21.4 Å². The molecule has 0 radical (unpaired) electrons. The maximum atomic E-state index is 11.9. The van der Waals surface area contributed by atoms with Crippen molar-refractivity contribution in [2.75, 3.05) is 6.54 Å². The van der Waals surface area contributed by atoms with Gasteiger partial charge in [0.05, 0.1) is 10.9 Å². The van der Waals surface area contributed by atoms with E-state index < -0.39 is 16.1 Å². The molecule has 0 saturated carbocycles. The summed E-state index contributed by atoms with van der Waals surface area (Å²) >= 11 is 0. The highest BCUT2D eigenvalue weighted by molar-refractivity contribution is 7.89. The van der Waals surface area contributed by atoms with Gasteiger partial charge < -0.3 is 11.1 Å². The molecule has 0 heterocycles. The van der Waals surface area contributed by atoms with Crippen LogP contribution in [0.5, 0.6) is 0 Å². The van der Waals surface area contributed by atoms with E-state index in [2.05, 4.69) is 10.0 Å². The van der Waals surface area contributed by atoms with Gasteiger partial charge in [0.25, 0.3) is 0 Å². The fourth-order valence-electron chi connectivity index (χ4n) is 1.88. The fraction of sp³-hybridized carbons (Fsp3) is 0.533. The van der Waals surface area contributed by atoms with E-state index in [-0.39, 0.29) is 16.7 Å². The molecule has 1 amide bonds. The lowest BCUT2D eigenvalue weighted by molar-refractivity contribution is -0.123. The van der Waals surface area contributed by atoms with E-state index in [1.807, 2.05) is 13.8 Å². The Bertz CT molecular complexity index is 585. The lowest BCUT2D eigenvalue weighted by Crippen LogP contribution is -2.44. The molecule has 0 fully saturated rings. The molecule has 0 bridgehead atoms. The first-order valence-electron chi connectivity index (χ1n) is 7.43. The molecule has 0 aliphatic rings. The monoisotopic (exact) mass is 327 g/mol. The zero-order chi connectivity index (χ0) is 16.8. The Kier molecular flexibility index (Phi) is 6.99. The Morgan fingerprint density at radius 2 is 1.82 bits per heavy atom. The third-order valence-electron chi connectivity index (χ3n) is 3.59. The molecule has 0 saturated heterocycles. The zero-order valence-electron chi connectivity index (χ0n) is 13.3. The Morgan fingerprint density at radius 3 is 2.32 bits per heavy atom. The maximum absolute atomic E-state index is 11.9. The molecular formula is C15H25N3O3S. The van der Waals surface area contributed by atoms with Gasteiger partial charge in [-0.05, 0) is 23.6 Å². The van der Waals surface area contributed by atoms with E-state index in [9.17, 15) is 13.2 Å². The third kappa shape index (κ3) is 5.08. The molecule has 1 rings (SSSR count). The Labute approximate surface area is 132 Å². The number of carbonyl (C=O) groups is 1. The van der Waals surface area contributed by atoms with Gasteiger partial charge in [-0.15, -0.1) is 0 Å². The number of benzene rings is 1. The summed E-state index contributed by atoms with van der Waals surface area (Å²) in [6, 6.07) is 5.87. The van der Waals surface area contributed by atoms with Crippen LogP contribution >= 0.6 is 0 Å². The summed E-state index contributed by atoms with van der Waals surface area (Å²) in [5.74, 6) is -0.0775. The summed E-state index contributed by atoms with van der Waals surface area (Å²) in [5, 5.41) is 2.77. The number of sulfonamides is 1. The van der Waals surface area contributed by atoms with Crippen molar-refractivity contribution in [3.63, 3.8) is 0 Å². The molecular weight excluding hydrogens is 302 g/mol. The van der Waals surface area contributed by atoms with Crippen LogP contribution in [-0.4, -0.2) is 26.9 Å². The molecule has 0 aromatic heterocycles. The Balaban J connectivity index is 2.64. The normalized spacial score (nSPS) is 14.4. The van der Waals surface area contributed by atoms with Crippen LogP contribution in [0.15, 0.2) is 29.2 Å². The topological polar surface area (TPSA) is 101 Å². The number of hydrogen-bond donors (Lipinski definition) is 3. The molecule has 7 heteroatoms. The molecule has 2 unspecified atom stereocenters. The maximum Gasteiger partial charge on any atom is 0.240 e. The van der Waals surface area contributed by atoms with E-state index in [4.69, 9.17) is 5.73 Å². The van der Waals surface area contributed by atoms with Crippen molar-refractivity contribution in [1.29, 1.82) is 0 Å². The van der Waals surface area contributed by atoms with Crippen molar-refractivity contribution in [2.24, 2.45) is 11.7 Å². The second kappa shape index (κ2) is 8.26. The average Bonchev–Trinajstić information content (AvgIpc) is 2.51. The van der Waals surface area contributed by atoms with Gasteiger partial charge in [-0.25, -0.2) is 13.1 Å². The molecule has 22 heavy (non-hydrogen) atoms. The van der Waals surface area contributed by atoms with Gasteiger partial charge in [0.15, 0.2) is 0 Å². The van der Waals surface area contributed by atoms with Crippen LogP contribution in [0.1, 0.15) is 32.8 Å². The molecule has 4 N–H and O–H groups in total. The molecule has 2 atom stereocenters. The third-order valence-corrected chi connectivity index (χ3v) is 5.16. The van der Waals surface area contributed by atoms with E-state index in [0.717, 1.165) is 12.0 Å². The number of rotatable bonds is 8. The van der Waals surface area contributed by atoms with Crippen LogP contribution < -0.4 is 15.8 Å². The first-order chi connectivity index (χ1) is 10.3. The van der Waals surface area contributed by atoms with E-state index in [0.29, 0.717) is 13.1 Å². The van der Waals surface area contributed by atoms with E-state index in [1.54, 1.807) is 19.1 Å². The number of amides is 1. The number of hydrogen-bond acceptors (Lipinski definition) is 4. The van der Waals surface area contributed by atoms with Crippen LogP contribution in [0, 0.1) is 5.92 Å². The van der Waals surface area contributed by atoms with Crippen molar-refractivity contribution in [3.8, 4) is 0 Å². The standard InChI is InChI=1S/C15H25N3O3S/c1-4-11(3)14(16)15(19)17-10-12-6-8-13(9-7-12)22(20,21)18-5-2/h6-9,11,14,18H,4-5,10,16H2,1-3H3,(H,17,19). The van der Waals surface area contributed by atoms with Crippen molar-refractivity contribution < 1.29 is 13.2 Å². The average molecular weight is 327 g/mol. The van der Waals surface area contributed by atoms with Gasteiger partial charge in [-0.2, -0.15) is 0 Å². The van der Waals surface area contributed by atoms with Gasteiger partial charge in [0, 0.05) is 13.1 Å². The molecule has 0 spiro atoms. The van der Waals surface area contributed by atoms with Crippen LogP contribution in [0.25, 0.3) is 0 Å². The summed E-state index contributed by atoms with van der Waals surface area (Å²) < 4.78 is 26.0. The lowest BCUT2D eigenvalue weighted by Gasteiger charge is -2.17. The Hall–Kier alpha value is -1.44. The lowest BCUT2D eigenvalue weighted by atomic mass is 9.99. The van der Waals surface area contributed by atoms with Crippen molar-refractivity contribution in [2.45, 2.75) is 44.7 Å². The van der Waals surface area contributed by atoms with Crippen molar-refractivity contribution >= 4 is 15.9 Å². The quantitative estimate of drug-likeness (QED) is 0.662. The van der Waals surface area contributed by atoms with Crippen LogP contribution in [0.2, 0.25) is 0 Å². The SMILES string of the molecule is CCNS(=O)(=O)c1ccc(CNC(=O)C(N)C(C)CC)cc1. The van der Waals surface area contributed by atoms with E-state index in [1.165, 1.54) is 12.1 Å². The second-order valence-electron chi connectivity index (χ2n) is 5.27. The predicted octanol–water partition coefficient (Wildman–Crippen LogP) is 0.974. The molecule has 0 aliphatic heterocycles. The minimum atomic E-state index is -3.44. The fourth-order valence-corrected chi connectivity index (χ4v) is 2.92. The molecule has 0 aliphatic carbocycles. The molecule has 1 aromatic carbocycles. The summed E-state index contributed by atoms with van der Waals surface area (Å²) in [7, 11) is -3.44. The summed E-state index contributed by atoms with van der Waals surface area (Å²) in [6.07, 6.45) is 0.839. The van der Waals surface area contributed by atoms with E-state index >= 15 is 0 Å². The highest BCUT2D eigenvalue weighted by Crippen LogP contribution is 2.11. The first kappa shape index (κ1) is 18.6. The molecule has 1 aromatic rings. The van der Waals surface area contributed by atoms with Gasteiger partial charge >= 0.3 is 0 Å². The van der Waals surface area contributed by atoms with Gasteiger partial charge in [-0.3, -0.25) is 4.79 Å². The minimum absolute atomic E-state index is 0.118. The van der Waals surface area contributed by atoms with Crippen molar-refractivity contribution in [3.05, 3.63) is 29.8 Å². The second-order valence-corrected chi connectivity index (χ2v) is 7.04. The number of nitrogens with one attached hydrogen (secondary N) is 2. The van der Waals surface area contributed by atoms with Crippen LogP contribution in [0.4, 0.5) is 0 Å². The minimum Gasteiger partial charge on any atom is -0.351 e. The highest BCUT2D eigenvalue weighted by atomic mass is 32.2. The van der Waals surface area contributed by atoms with Gasteiger partial charge in [0.2, 0.25) is 15.9 Å². The number of nitrogens with two attached hydrogens (primary N) is 1. The van der Waals surface area contributed by atoms with Crippen LogP contribution in [0.3, 0.4) is 0 Å². The molecule has 124 valence electrons. The largest absolute Gasteiger partial charge is 0.351 e. The highest BCUT2D eigenvalue weighted by Gasteiger charge is 2.19.